The van der Waals surface area contributed by atoms with Crippen molar-refractivity contribution >= 4 is 75.1 Å². The van der Waals surface area contributed by atoms with Gasteiger partial charge in [0.2, 0.25) is 0 Å². The molecule has 1 aliphatic rings. The van der Waals surface area contributed by atoms with Crippen LogP contribution in [0, 0.1) is 0 Å². The lowest BCUT2D eigenvalue weighted by molar-refractivity contribution is -0.137. The Labute approximate surface area is 180 Å². The second kappa shape index (κ2) is 8.96. The average Bonchev–Trinajstić information content (AvgIpc) is 2.92. The van der Waals surface area contributed by atoms with E-state index < -0.39 is 5.97 Å². The van der Waals surface area contributed by atoms with Crippen LogP contribution >= 0.6 is 47.2 Å². The summed E-state index contributed by atoms with van der Waals surface area (Å²) in [6.07, 6.45) is 1.56. The smallest absolute Gasteiger partial charge is 0.306 e. The number of para-hydroxylation sites is 1. The Kier molecular flexibility index (Phi) is 6.61. The first-order chi connectivity index (χ1) is 13.4. The van der Waals surface area contributed by atoms with Crippen LogP contribution in [-0.2, 0) is 9.59 Å². The van der Waals surface area contributed by atoms with E-state index in [1.165, 1.54) is 4.90 Å². The van der Waals surface area contributed by atoms with Gasteiger partial charge in [0.05, 0.1) is 33.7 Å². The van der Waals surface area contributed by atoms with Crippen molar-refractivity contribution in [2.75, 3.05) is 11.5 Å². The highest BCUT2D eigenvalue weighted by molar-refractivity contribution is 8.27. The van der Waals surface area contributed by atoms with E-state index in [0.29, 0.717) is 36.3 Å². The summed E-state index contributed by atoms with van der Waals surface area (Å²) in [5, 5.41) is 9.47. The Bertz CT molecular complexity index is 994. The van der Waals surface area contributed by atoms with Gasteiger partial charge in [-0.15, -0.1) is 0 Å². The molecular weight excluding hydrogens is 441 g/mol. The molecular formula is C19H13Cl2NO4S2. The van der Waals surface area contributed by atoms with Crippen LogP contribution in [0.4, 0.5) is 5.69 Å². The lowest BCUT2D eigenvalue weighted by atomic mass is 10.2. The van der Waals surface area contributed by atoms with Gasteiger partial charge in [0.25, 0.3) is 5.91 Å². The summed E-state index contributed by atoms with van der Waals surface area (Å²) in [5.74, 6) is -0.739. The molecule has 0 atom stereocenters. The number of carbonyl (C=O) groups is 2. The zero-order chi connectivity index (χ0) is 20.3. The molecule has 28 heavy (non-hydrogen) atoms. The van der Waals surface area contributed by atoms with Crippen LogP contribution in [0.3, 0.4) is 0 Å². The Morgan fingerprint density at radius 1 is 1.21 bits per heavy atom. The Morgan fingerprint density at radius 3 is 2.68 bits per heavy atom. The first-order valence-corrected chi connectivity index (χ1v) is 10.0. The summed E-state index contributed by atoms with van der Waals surface area (Å²) in [6.45, 7) is 0.0322. The third-order valence-electron chi connectivity index (χ3n) is 3.73. The molecule has 1 amide bonds. The Balaban J connectivity index is 1.86. The van der Waals surface area contributed by atoms with Crippen LogP contribution in [0.25, 0.3) is 6.08 Å². The Morgan fingerprint density at radius 2 is 1.96 bits per heavy atom. The predicted octanol–water partition coefficient (Wildman–Crippen LogP) is 5.25. The van der Waals surface area contributed by atoms with E-state index in [9.17, 15) is 9.59 Å². The number of aliphatic carboxylic acids is 1. The van der Waals surface area contributed by atoms with Crippen molar-refractivity contribution in [3.05, 3.63) is 63.0 Å². The molecule has 0 saturated carbocycles. The fraction of sp³-hybridized carbons (Fsp3) is 0.105. The van der Waals surface area contributed by atoms with Crippen LogP contribution in [0.2, 0.25) is 10.0 Å². The number of hydrogen-bond donors (Lipinski definition) is 1. The number of carboxylic acids is 1. The van der Waals surface area contributed by atoms with E-state index in [1.807, 2.05) is 0 Å². The van der Waals surface area contributed by atoms with Gasteiger partial charge >= 0.3 is 5.97 Å². The quantitative estimate of drug-likeness (QED) is 0.475. The van der Waals surface area contributed by atoms with Crippen LogP contribution in [-0.4, -0.2) is 27.9 Å². The SMILES string of the molecule is O=C(O)CCOc1ccccc1/C=C1/SC(=S)N(c2ccc(Cl)c(Cl)c2)C1=O. The van der Waals surface area contributed by atoms with Crippen molar-refractivity contribution in [3.8, 4) is 5.75 Å². The molecule has 1 heterocycles. The molecule has 0 bridgehead atoms. The minimum atomic E-state index is -0.944. The second-order valence-corrected chi connectivity index (χ2v) is 8.14. The largest absolute Gasteiger partial charge is 0.492 e. The fourth-order valence-electron chi connectivity index (χ4n) is 2.44. The standard InChI is InChI=1S/C19H13Cl2NO4S2/c20-13-6-5-12(10-14(13)21)22-18(25)16(28-19(22)27)9-11-3-1-2-4-15(11)26-8-7-17(23)24/h1-6,9-10H,7-8H2,(H,23,24)/b16-9+. The van der Waals surface area contributed by atoms with Crippen LogP contribution in [0.15, 0.2) is 47.4 Å². The molecule has 0 unspecified atom stereocenters. The van der Waals surface area contributed by atoms with E-state index >= 15 is 0 Å². The number of thiocarbonyl (C=S) groups is 1. The van der Waals surface area contributed by atoms with Gasteiger partial charge in [-0.2, -0.15) is 0 Å². The summed E-state index contributed by atoms with van der Waals surface area (Å²) in [4.78, 5) is 25.4. The van der Waals surface area contributed by atoms with Crippen molar-refractivity contribution in [2.24, 2.45) is 0 Å². The zero-order valence-electron chi connectivity index (χ0n) is 14.2. The van der Waals surface area contributed by atoms with Gasteiger partial charge in [-0.1, -0.05) is 65.4 Å². The van der Waals surface area contributed by atoms with Crippen molar-refractivity contribution in [1.29, 1.82) is 0 Å². The normalized spacial score (nSPS) is 15.4. The summed E-state index contributed by atoms with van der Waals surface area (Å²) in [7, 11) is 0. The zero-order valence-corrected chi connectivity index (χ0v) is 17.4. The highest BCUT2D eigenvalue weighted by atomic mass is 35.5. The number of carboxylic acid groups (broad SMARTS) is 1. The maximum absolute atomic E-state index is 12.9. The highest BCUT2D eigenvalue weighted by Crippen LogP contribution is 2.38. The molecule has 0 radical (unpaired) electrons. The van der Waals surface area contributed by atoms with Crippen molar-refractivity contribution in [3.63, 3.8) is 0 Å². The lowest BCUT2D eigenvalue weighted by Crippen LogP contribution is -2.27. The fourth-order valence-corrected chi connectivity index (χ4v) is 4.02. The summed E-state index contributed by atoms with van der Waals surface area (Å²) >= 11 is 18.5. The van der Waals surface area contributed by atoms with Crippen LogP contribution in [0.1, 0.15) is 12.0 Å². The van der Waals surface area contributed by atoms with Gasteiger partial charge in [0, 0.05) is 5.56 Å². The number of thioether (sulfide) groups is 1. The number of amides is 1. The number of ether oxygens (including phenoxy) is 1. The molecule has 0 aromatic heterocycles. The molecule has 3 rings (SSSR count). The number of halogens is 2. The van der Waals surface area contributed by atoms with E-state index in [2.05, 4.69) is 0 Å². The van der Waals surface area contributed by atoms with E-state index in [-0.39, 0.29) is 18.9 Å². The number of rotatable bonds is 6. The number of carbonyl (C=O) groups excluding carboxylic acids is 1. The minimum Gasteiger partial charge on any atom is -0.492 e. The van der Waals surface area contributed by atoms with Gasteiger partial charge < -0.3 is 9.84 Å². The minimum absolute atomic E-state index is 0.0322. The van der Waals surface area contributed by atoms with Gasteiger partial charge in [-0.3, -0.25) is 14.5 Å². The molecule has 1 N–H and O–H groups in total. The summed E-state index contributed by atoms with van der Waals surface area (Å²) in [6, 6.07) is 11.9. The maximum atomic E-state index is 12.9. The van der Waals surface area contributed by atoms with Gasteiger partial charge in [0.15, 0.2) is 4.32 Å². The highest BCUT2D eigenvalue weighted by Gasteiger charge is 2.33. The van der Waals surface area contributed by atoms with Gasteiger partial charge in [-0.05, 0) is 30.3 Å². The van der Waals surface area contributed by atoms with Crippen molar-refractivity contribution in [1.82, 2.24) is 0 Å². The first-order valence-electron chi connectivity index (χ1n) is 8.03. The van der Waals surface area contributed by atoms with E-state index in [4.69, 9.17) is 45.3 Å². The lowest BCUT2D eigenvalue weighted by Gasteiger charge is -2.15. The molecule has 0 spiro atoms. The topological polar surface area (TPSA) is 66.8 Å². The number of nitrogens with zero attached hydrogens (tertiary/aromatic N) is 1. The molecule has 2 aromatic rings. The average molecular weight is 454 g/mol. The molecule has 144 valence electrons. The van der Waals surface area contributed by atoms with Gasteiger partial charge in [0.1, 0.15) is 5.75 Å². The van der Waals surface area contributed by atoms with E-state index in [1.54, 1.807) is 48.5 Å². The van der Waals surface area contributed by atoms with E-state index in [0.717, 1.165) is 11.8 Å². The first kappa shape index (κ1) is 20.7. The molecule has 0 aliphatic carbocycles. The van der Waals surface area contributed by atoms with Gasteiger partial charge in [-0.25, -0.2) is 0 Å². The molecule has 1 fully saturated rings. The van der Waals surface area contributed by atoms with Crippen LogP contribution in [0.5, 0.6) is 5.75 Å². The molecule has 9 heteroatoms. The number of hydrogen-bond acceptors (Lipinski definition) is 5. The van der Waals surface area contributed by atoms with Crippen molar-refractivity contribution < 1.29 is 19.4 Å². The predicted molar refractivity (Wildman–Crippen MR) is 116 cm³/mol. The number of anilines is 1. The monoisotopic (exact) mass is 453 g/mol. The summed E-state index contributed by atoms with van der Waals surface area (Å²) < 4.78 is 5.91. The number of benzene rings is 2. The van der Waals surface area contributed by atoms with Crippen molar-refractivity contribution in [2.45, 2.75) is 6.42 Å². The van der Waals surface area contributed by atoms with Crippen LogP contribution < -0.4 is 9.64 Å². The second-order valence-electron chi connectivity index (χ2n) is 5.65. The molecule has 1 aliphatic heterocycles. The maximum Gasteiger partial charge on any atom is 0.306 e. The summed E-state index contributed by atoms with van der Waals surface area (Å²) in [5.41, 5.74) is 1.19. The molecule has 2 aromatic carbocycles. The Hall–Kier alpha value is -2.06. The third-order valence-corrected chi connectivity index (χ3v) is 5.78. The molecule has 5 nitrogen and oxygen atoms in total. The third kappa shape index (κ3) is 4.67. The molecule has 1 saturated heterocycles.